The lowest BCUT2D eigenvalue weighted by molar-refractivity contribution is -0.386. The van der Waals surface area contributed by atoms with E-state index in [1.54, 1.807) is 12.1 Å². The number of hydrazine groups is 1. The number of benzene rings is 2. The Bertz CT molecular complexity index is 919. The van der Waals surface area contributed by atoms with Gasteiger partial charge in [-0.25, -0.2) is 10.4 Å². The summed E-state index contributed by atoms with van der Waals surface area (Å²) in [4.78, 5) is 14.5. The minimum atomic E-state index is -0.539. The minimum Gasteiger partial charge on any atom is -0.493 e. The molecule has 0 aliphatic rings. The number of anilines is 1. The maximum Gasteiger partial charge on any atom is 0.331 e. The number of methoxy groups -OCH3 is 1. The predicted molar refractivity (Wildman–Crippen MR) is 101 cm³/mol. The molecule has 0 saturated carbocycles. The number of nitrogens with zero attached hydrogens (tertiary/aromatic N) is 2. The largest absolute Gasteiger partial charge is 0.493 e. The van der Waals surface area contributed by atoms with Crippen molar-refractivity contribution in [3.05, 3.63) is 82.5 Å². The molecule has 2 N–H and O–H groups in total. The van der Waals surface area contributed by atoms with Crippen LogP contribution in [0.1, 0.15) is 5.56 Å². The topological polar surface area (TPSA) is 98.5 Å². The van der Waals surface area contributed by atoms with Gasteiger partial charge in [0.2, 0.25) is 0 Å². The van der Waals surface area contributed by atoms with E-state index >= 15 is 0 Å². The Hall–Kier alpha value is -3.65. The van der Waals surface area contributed by atoms with E-state index in [2.05, 4.69) is 15.8 Å². The first kappa shape index (κ1) is 18.2. The molecule has 138 valence electrons. The summed E-state index contributed by atoms with van der Waals surface area (Å²) in [6.45, 7) is 0.537. The van der Waals surface area contributed by atoms with E-state index in [0.717, 1.165) is 11.3 Å². The van der Waals surface area contributed by atoms with Gasteiger partial charge in [-0.1, -0.05) is 24.3 Å². The van der Waals surface area contributed by atoms with Gasteiger partial charge in [0.15, 0.2) is 11.5 Å². The Balaban J connectivity index is 1.70. The van der Waals surface area contributed by atoms with Crippen molar-refractivity contribution in [1.82, 2.24) is 10.4 Å². The first-order chi connectivity index (χ1) is 13.2. The molecule has 2 aromatic carbocycles. The zero-order valence-corrected chi connectivity index (χ0v) is 14.6. The number of nitro groups is 1. The SMILES string of the molecule is COc1cc(CNNc2ccccc2)ccc1Oc1ncccc1[N+](=O)[O-]. The standard InChI is InChI=1S/C19H18N4O4/c1-26-18-12-14(13-21-22-15-6-3-2-4-7-15)9-10-17(18)27-19-16(23(24)25)8-5-11-20-19/h2-12,21-22H,13H2,1H3. The lowest BCUT2D eigenvalue weighted by Crippen LogP contribution is -2.20. The fourth-order valence-corrected chi connectivity index (χ4v) is 2.38. The van der Waals surface area contributed by atoms with Crippen molar-refractivity contribution in [2.75, 3.05) is 12.5 Å². The third-order valence-corrected chi connectivity index (χ3v) is 3.68. The summed E-state index contributed by atoms with van der Waals surface area (Å²) in [6.07, 6.45) is 1.43. The second kappa shape index (κ2) is 8.63. The van der Waals surface area contributed by atoms with Crippen LogP contribution in [0.4, 0.5) is 11.4 Å². The van der Waals surface area contributed by atoms with Gasteiger partial charge in [0.25, 0.3) is 5.88 Å². The van der Waals surface area contributed by atoms with Crippen LogP contribution < -0.4 is 20.3 Å². The molecule has 3 aromatic rings. The van der Waals surface area contributed by atoms with Crippen molar-refractivity contribution < 1.29 is 14.4 Å². The summed E-state index contributed by atoms with van der Waals surface area (Å²) in [5.41, 5.74) is 7.90. The van der Waals surface area contributed by atoms with Crippen LogP contribution >= 0.6 is 0 Å². The second-order valence-corrected chi connectivity index (χ2v) is 5.52. The van der Waals surface area contributed by atoms with Crippen LogP contribution in [0.15, 0.2) is 66.9 Å². The normalized spacial score (nSPS) is 10.3. The van der Waals surface area contributed by atoms with Crippen LogP contribution in [0.2, 0.25) is 0 Å². The number of nitrogens with one attached hydrogen (secondary N) is 2. The number of pyridine rings is 1. The summed E-state index contributed by atoms with van der Waals surface area (Å²) in [5, 5.41) is 11.1. The van der Waals surface area contributed by atoms with Gasteiger partial charge in [-0.05, 0) is 35.9 Å². The Labute approximate surface area is 155 Å². The smallest absolute Gasteiger partial charge is 0.331 e. The first-order valence-corrected chi connectivity index (χ1v) is 8.15. The van der Waals surface area contributed by atoms with Crippen LogP contribution in [0.3, 0.4) is 0 Å². The van der Waals surface area contributed by atoms with Gasteiger partial charge in [0.05, 0.1) is 12.0 Å². The molecule has 0 saturated heterocycles. The lowest BCUT2D eigenvalue weighted by Gasteiger charge is -2.12. The van der Waals surface area contributed by atoms with Gasteiger partial charge in [-0.2, -0.15) is 0 Å². The highest BCUT2D eigenvalue weighted by Gasteiger charge is 2.18. The van der Waals surface area contributed by atoms with Crippen LogP contribution in [-0.2, 0) is 6.54 Å². The molecule has 0 fully saturated rings. The van der Waals surface area contributed by atoms with E-state index in [4.69, 9.17) is 9.47 Å². The maximum atomic E-state index is 11.1. The summed E-state index contributed by atoms with van der Waals surface area (Å²) < 4.78 is 11.0. The van der Waals surface area contributed by atoms with Crippen molar-refractivity contribution in [2.24, 2.45) is 0 Å². The average Bonchev–Trinajstić information content (AvgIpc) is 2.70. The predicted octanol–water partition coefficient (Wildman–Crippen LogP) is 3.91. The summed E-state index contributed by atoms with van der Waals surface area (Å²) in [5.74, 6) is 0.713. The fraction of sp³-hybridized carbons (Fsp3) is 0.105. The van der Waals surface area contributed by atoms with Crippen LogP contribution in [0.25, 0.3) is 0 Å². The molecule has 0 unspecified atom stereocenters. The molecule has 8 nitrogen and oxygen atoms in total. The van der Waals surface area contributed by atoms with E-state index in [0.29, 0.717) is 18.0 Å². The molecular formula is C19H18N4O4. The summed E-state index contributed by atoms with van der Waals surface area (Å²) in [6, 6.07) is 17.9. The molecule has 0 bridgehead atoms. The second-order valence-electron chi connectivity index (χ2n) is 5.52. The third kappa shape index (κ3) is 4.71. The monoisotopic (exact) mass is 366 g/mol. The molecule has 0 aliphatic carbocycles. The van der Waals surface area contributed by atoms with E-state index in [9.17, 15) is 10.1 Å². The van der Waals surface area contributed by atoms with Crippen molar-refractivity contribution in [1.29, 1.82) is 0 Å². The van der Waals surface area contributed by atoms with Crippen molar-refractivity contribution in [3.8, 4) is 17.4 Å². The number of para-hydroxylation sites is 1. The average molecular weight is 366 g/mol. The van der Waals surface area contributed by atoms with Gasteiger partial charge in [-0.15, -0.1) is 0 Å². The number of aromatic nitrogens is 1. The highest BCUT2D eigenvalue weighted by Crippen LogP contribution is 2.35. The number of hydrogen-bond donors (Lipinski definition) is 2. The molecular weight excluding hydrogens is 348 g/mol. The molecule has 8 heteroatoms. The zero-order valence-electron chi connectivity index (χ0n) is 14.6. The van der Waals surface area contributed by atoms with Crippen LogP contribution in [0, 0.1) is 10.1 Å². The van der Waals surface area contributed by atoms with Crippen molar-refractivity contribution in [2.45, 2.75) is 6.54 Å². The van der Waals surface area contributed by atoms with Crippen molar-refractivity contribution >= 4 is 11.4 Å². The van der Waals surface area contributed by atoms with E-state index < -0.39 is 4.92 Å². The Kier molecular flexibility index (Phi) is 5.80. The van der Waals surface area contributed by atoms with E-state index in [1.165, 1.54) is 25.4 Å². The van der Waals surface area contributed by atoms with Crippen LogP contribution in [-0.4, -0.2) is 17.0 Å². The Morgan fingerprint density at radius 1 is 1.07 bits per heavy atom. The van der Waals surface area contributed by atoms with Gasteiger partial charge < -0.3 is 14.9 Å². The third-order valence-electron chi connectivity index (χ3n) is 3.68. The highest BCUT2D eigenvalue weighted by atomic mass is 16.6. The Morgan fingerprint density at radius 2 is 1.89 bits per heavy atom. The highest BCUT2D eigenvalue weighted by molar-refractivity contribution is 5.48. The summed E-state index contributed by atoms with van der Waals surface area (Å²) in [7, 11) is 1.51. The Morgan fingerprint density at radius 3 is 2.63 bits per heavy atom. The molecule has 0 aliphatic heterocycles. The van der Waals surface area contributed by atoms with Gasteiger partial charge in [0.1, 0.15) is 0 Å². The van der Waals surface area contributed by atoms with E-state index in [-0.39, 0.29) is 11.6 Å². The molecule has 1 heterocycles. The van der Waals surface area contributed by atoms with Gasteiger partial charge >= 0.3 is 5.69 Å². The molecule has 1 aromatic heterocycles. The first-order valence-electron chi connectivity index (χ1n) is 8.15. The maximum absolute atomic E-state index is 11.1. The molecule has 0 radical (unpaired) electrons. The zero-order chi connectivity index (χ0) is 19.1. The molecule has 3 rings (SSSR count). The van der Waals surface area contributed by atoms with Crippen molar-refractivity contribution in [3.63, 3.8) is 0 Å². The summed E-state index contributed by atoms with van der Waals surface area (Å²) >= 11 is 0. The van der Waals surface area contributed by atoms with Gasteiger partial charge in [-0.3, -0.25) is 10.1 Å². The number of ether oxygens (including phenoxy) is 2. The fourth-order valence-electron chi connectivity index (χ4n) is 2.38. The number of rotatable bonds is 8. The quantitative estimate of drug-likeness (QED) is 0.461. The van der Waals surface area contributed by atoms with E-state index in [1.807, 2.05) is 36.4 Å². The molecule has 0 amide bonds. The molecule has 27 heavy (non-hydrogen) atoms. The number of hydrogen-bond acceptors (Lipinski definition) is 7. The minimum absolute atomic E-state index is 0.0857. The molecule has 0 atom stereocenters. The van der Waals surface area contributed by atoms with Crippen LogP contribution in [0.5, 0.6) is 17.4 Å². The lowest BCUT2D eigenvalue weighted by atomic mass is 10.2. The van der Waals surface area contributed by atoms with Gasteiger partial charge in [0, 0.05) is 24.5 Å². The molecule has 0 spiro atoms.